The zero-order valence-corrected chi connectivity index (χ0v) is 14.8. The van der Waals surface area contributed by atoms with Crippen LogP contribution in [0, 0.1) is 5.82 Å². The van der Waals surface area contributed by atoms with Crippen molar-refractivity contribution in [2.24, 2.45) is 0 Å². The van der Waals surface area contributed by atoms with Gasteiger partial charge in [-0.1, -0.05) is 12.1 Å². The minimum atomic E-state index is -0.918. The largest absolute Gasteiger partial charge is 0.481 e. The van der Waals surface area contributed by atoms with Gasteiger partial charge >= 0.3 is 5.97 Å². The molecule has 0 radical (unpaired) electrons. The van der Waals surface area contributed by atoms with E-state index >= 15 is 0 Å². The van der Waals surface area contributed by atoms with Crippen molar-refractivity contribution in [2.75, 3.05) is 0 Å². The predicted molar refractivity (Wildman–Crippen MR) is 101 cm³/mol. The van der Waals surface area contributed by atoms with E-state index in [1.807, 2.05) is 36.0 Å². The zero-order valence-electron chi connectivity index (χ0n) is 13.9. The van der Waals surface area contributed by atoms with Gasteiger partial charge in [0.25, 0.3) is 0 Å². The molecule has 0 atom stereocenters. The number of benzene rings is 3. The van der Waals surface area contributed by atoms with Crippen molar-refractivity contribution in [3.05, 3.63) is 66.0 Å². The number of fused-ring (bicyclic) bond motifs is 1. The first-order chi connectivity index (χ1) is 12.6. The maximum atomic E-state index is 13.7. The van der Waals surface area contributed by atoms with Gasteiger partial charge in [0, 0.05) is 15.5 Å². The van der Waals surface area contributed by atoms with Gasteiger partial charge in [0.2, 0.25) is 0 Å². The molecule has 1 N–H and O–H groups in total. The number of aliphatic carboxylic acids is 1. The Labute approximate surface area is 154 Å². The molecule has 0 aromatic heterocycles. The smallest absolute Gasteiger partial charge is 0.307 e. The Morgan fingerprint density at radius 3 is 2.58 bits per heavy atom. The highest BCUT2D eigenvalue weighted by molar-refractivity contribution is 8.00. The molecule has 1 aliphatic rings. The molecule has 0 amide bonds. The van der Waals surface area contributed by atoms with Crippen LogP contribution in [-0.4, -0.2) is 16.3 Å². The minimum Gasteiger partial charge on any atom is -0.481 e. The number of carboxylic acids is 1. The normalized spacial score (nSPS) is 13.7. The molecule has 0 bridgehead atoms. The first kappa shape index (κ1) is 16.9. The highest BCUT2D eigenvalue weighted by Gasteiger charge is 2.22. The van der Waals surface area contributed by atoms with Gasteiger partial charge in [-0.05, 0) is 66.3 Å². The Kier molecular flexibility index (Phi) is 4.55. The Hall–Kier alpha value is -2.53. The van der Waals surface area contributed by atoms with Crippen LogP contribution in [-0.2, 0) is 11.2 Å². The van der Waals surface area contributed by atoms with Crippen molar-refractivity contribution in [1.29, 1.82) is 0 Å². The SMILES string of the molecule is O=C(O)Cc1cc(Oc2ccc(SC3CC3)cc2)c2cc(F)ccc2c1. The summed E-state index contributed by atoms with van der Waals surface area (Å²) in [6, 6.07) is 15.6. The van der Waals surface area contributed by atoms with Crippen LogP contribution in [0.1, 0.15) is 18.4 Å². The van der Waals surface area contributed by atoms with Crippen LogP contribution in [0.5, 0.6) is 11.5 Å². The van der Waals surface area contributed by atoms with Crippen molar-refractivity contribution >= 4 is 28.5 Å². The summed E-state index contributed by atoms with van der Waals surface area (Å²) in [5, 5.41) is 11.2. The van der Waals surface area contributed by atoms with Crippen LogP contribution in [0.25, 0.3) is 10.8 Å². The van der Waals surface area contributed by atoms with E-state index in [1.165, 1.54) is 29.9 Å². The van der Waals surface area contributed by atoms with Gasteiger partial charge < -0.3 is 9.84 Å². The number of carboxylic acid groups (broad SMARTS) is 1. The summed E-state index contributed by atoms with van der Waals surface area (Å²) >= 11 is 1.87. The van der Waals surface area contributed by atoms with Crippen molar-refractivity contribution in [3.63, 3.8) is 0 Å². The second-order valence-corrected chi connectivity index (χ2v) is 7.79. The first-order valence-electron chi connectivity index (χ1n) is 8.45. The number of ether oxygens (including phenoxy) is 1. The molecule has 1 fully saturated rings. The van der Waals surface area contributed by atoms with Crippen LogP contribution in [0.15, 0.2) is 59.5 Å². The summed E-state index contributed by atoms with van der Waals surface area (Å²) in [5.74, 6) is -0.174. The molecule has 0 spiro atoms. The lowest BCUT2D eigenvalue weighted by atomic mass is 10.0. The van der Waals surface area contributed by atoms with Crippen molar-refractivity contribution in [3.8, 4) is 11.5 Å². The number of halogens is 1. The monoisotopic (exact) mass is 368 g/mol. The van der Waals surface area contributed by atoms with Gasteiger partial charge in [0.15, 0.2) is 0 Å². The molecule has 3 aromatic rings. The van der Waals surface area contributed by atoms with Gasteiger partial charge in [-0.3, -0.25) is 4.79 Å². The lowest BCUT2D eigenvalue weighted by Gasteiger charge is -2.12. The number of rotatable bonds is 6. The van der Waals surface area contributed by atoms with Crippen LogP contribution in [0.3, 0.4) is 0 Å². The summed E-state index contributed by atoms with van der Waals surface area (Å²) < 4.78 is 19.7. The summed E-state index contributed by atoms with van der Waals surface area (Å²) in [6.45, 7) is 0. The molecule has 0 heterocycles. The van der Waals surface area contributed by atoms with Crippen LogP contribution in [0.4, 0.5) is 4.39 Å². The molecule has 0 aliphatic heterocycles. The molecule has 5 heteroatoms. The lowest BCUT2D eigenvalue weighted by molar-refractivity contribution is -0.136. The quantitative estimate of drug-likeness (QED) is 0.610. The molecular formula is C21H17FO3S. The third-order valence-corrected chi connectivity index (χ3v) is 5.52. The molecule has 0 unspecified atom stereocenters. The van der Waals surface area contributed by atoms with E-state index in [0.717, 1.165) is 10.6 Å². The molecule has 0 saturated heterocycles. The van der Waals surface area contributed by atoms with E-state index in [9.17, 15) is 9.18 Å². The van der Waals surface area contributed by atoms with Gasteiger partial charge in [0.05, 0.1) is 6.42 Å². The molecule has 26 heavy (non-hydrogen) atoms. The summed E-state index contributed by atoms with van der Waals surface area (Å²) in [5.41, 5.74) is 0.618. The van der Waals surface area contributed by atoms with Gasteiger partial charge in [-0.25, -0.2) is 4.39 Å². The van der Waals surface area contributed by atoms with Crippen LogP contribution >= 0.6 is 11.8 Å². The van der Waals surface area contributed by atoms with Gasteiger partial charge in [-0.2, -0.15) is 0 Å². The fourth-order valence-electron chi connectivity index (χ4n) is 2.81. The maximum Gasteiger partial charge on any atom is 0.307 e. The summed E-state index contributed by atoms with van der Waals surface area (Å²) in [7, 11) is 0. The molecule has 3 aromatic carbocycles. The summed E-state index contributed by atoms with van der Waals surface area (Å²) in [6.07, 6.45) is 2.44. The summed E-state index contributed by atoms with van der Waals surface area (Å²) in [4.78, 5) is 12.3. The van der Waals surface area contributed by atoms with E-state index in [-0.39, 0.29) is 12.2 Å². The first-order valence-corrected chi connectivity index (χ1v) is 9.33. The molecule has 1 saturated carbocycles. The Morgan fingerprint density at radius 1 is 1.12 bits per heavy atom. The number of carbonyl (C=O) groups is 1. The number of hydrogen-bond acceptors (Lipinski definition) is 3. The number of hydrogen-bond donors (Lipinski definition) is 1. The van der Waals surface area contributed by atoms with Crippen molar-refractivity contribution in [1.82, 2.24) is 0 Å². The van der Waals surface area contributed by atoms with Crippen molar-refractivity contribution in [2.45, 2.75) is 29.4 Å². The van der Waals surface area contributed by atoms with E-state index in [4.69, 9.17) is 9.84 Å². The molecular weight excluding hydrogens is 351 g/mol. The van der Waals surface area contributed by atoms with Gasteiger partial charge in [-0.15, -0.1) is 11.8 Å². The lowest BCUT2D eigenvalue weighted by Crippen LogP contribution is -2.00. The second kappa shape index (κ2) is 7.00. The zero-order chi connectivity index (χ0) is 18.1. The van der Waals surface area contributed by atoms with E-state index < -0.39 is 5.97 Å². The number of thioether (sulfide) groups is 1. The molecule has 132 valence electrons. The topological polar surface area (TPSA) is 46.5 Å². The Bertz CT molecular complexity index is 965. The fourth-order valence-corrected chi connectivity index (χ4v) is 3.86. The van der Waals surface area contributed by atoms with Crippen molar-refractivity contribution < 1.29 is 19.0 Å². The second-order valence-electron chi connectivity index (χ2n) is 6.42. The standard InChI is InChI=1S/C21H17FO3S/c22-15-2-1-14-9-13(11-21(23)24)10-20(19(14)12-15)25-16-3-5-17(6-4-16)26-18-7-8-18/h1-6,9-10,12,18H,7-8,11H2,(H,23,24). The fraction of sp³-hybridized carbons (Fsp3) is 0.190. The maximum absolute atomic E-state index is 13.7. The van der Waals surface area contributed by atoms with E-state index in [0.29, 0.717) is 22.4 Å². The third kappa shape index (κ3) is 3.99. The average molecular weight is 368 g/mol. The van der Waals surface area contributed by atoms with Crippen LogP contribution < -0.4 is 4.74 Å². The molecule has 1 aliphatic carbocycles. The Morgan fingerprint density at radius 2 is 1.88 bits per heavy atom. The van der Waals surface area contributed by atoms with E-state index in [2.05, 4.69) is 0 Å². The van der Waals surface area contributed by atoms with Crippen LogP contribution in [0.2, 0.25) is 0 Å². The van der Waals surface area contributed by atoms with E-state index in [1.54, 1.807) is 18.2 Å². The highest BCUT2D eigenvalue weighted by atomic mass is 32.2. The molecule has 4 rings (SSSR count). The Balaban J connectivity index is 1.66. The third-order valence-electron chi connectivity index (χ3n) is 4.17. The molecule has 3 nitrogen and oxygen atoms in total. The average Bonchev–Trinajstić information content (AvgIpc) is 3.41. The van der Waals surface area contributed by atoms with Gasteiger partial charge in [0.1, 0.15) is 17.3 Å². The predicted octanol–water partition coefficient (Wildman–Crippen LogP) is 5.65. The minimum absolute atomic E-state index is 0.110. The highest BCUT2D eigenvalue weighted by Crippen LogP contribution is 2.40.